The topological polar surface area (TPSA) is 76.1 Å². The highest BCUT2D eigenvalue weighted by Crippen LogP contribution is 2.29. The van der Waals surface area contributed by atoms with Crippen LogP contribution in [0.4, 0.5) is 16.6 Å². The molecule has 0 spiro atoms. The molecule has 7 heteroatoms. The average Bonchev–Trinajstić information content (AvgIpc) is 3.17. The van der Waals surface area contributed by atoms with Crippen molar-refractivity contribution in [3.8, 4) is 11.5 Å². The zero-order valence-corrected chi connectivity index (χ0v) is 16.2. The van der Waals surface area contributed by atoms with Gasteiger partial charge in [0.05, 0.1) is 17.8 Å². The number of pyridine rings is 1. The summed E-state index contributed by atoms with van der Waals surface area (Å²) in [5, 5.41) is 8.59. The highest BCUT2D eigenvalue weighted by Gasteiger charge is 2.11. The Morgan fingerprint density at radius 3 is 2.59 bits per heavy atom. The second-order valence-electron chi connectivity index (χ2n) is 6.12. The number of nitrogens with zero attached hydrogens (tertiary/aromatic N) is 2. The first kappa shape index (κ1) is 18.6. The Morgan fingerprint density at radius 2 is 1.76 bits per heavy atom. The van der Waals surface area contributed by atoms with Crippen molar-refractivity contribution in [2.75, 3.05) is 10.6 Å². The summed E-state index contributed by atoms with van der Waals surface area (Å²) in [6.45, 7) is 0. The molecule has 0 aliphatic rings. The van der Waals surface area contributed by atoms with Gasteiger partial charge in [-0.25, -0.2) is 9.97 Å². The van der Waals surface area contributed by atoms with Gasteiger partial charge in [-0.2, -0.15) is 0 Å². The molecule has 0 aliphatic heterocycles. The Labute approximate surface area is 172 Å². The van der Waals surface area contributed by atoms with E-state index in [0.29, 0.717) is 33.8 Å². The van der Waals surface area contributed by atoms with Crippen molar-refractivity contribution >= 4 is 33.9 Å². The van der Waals surface area contributed by atoms with Crippen LogP contribution in [0.2, 0.25) is 0 Å². The Balaban J connectivity index is 1.39. The molecule has 6 nitrogen and oxygen atoms in total. The van der Waals surface area contributed by atoms with E-state index < -0.39 is 0 Å². The fourth-order valence-electron chi connectivity index (χ4n) is 2.63. The lowest BCUT2D eigenvalue weighted by Crippen LogP contribution is -2.15. The van der Waals surface area contributed by atoms with Gasteiger partial charge in [0, 0.05) is 11.6 Å². The van der Waals surface area contributed by atoms with Crippen LogP contribution < -0.4 is 15.4 Å². The molecule has 2 N–H and O–H groups in total. The summed E-state index contributed by atoms with van der Waals surface area (Å²) in [5.41, 5.74) is 1.30. The minimum atomic E-state index is -0.163. The number of ether oxygens (including phenoxy) is 1. The van der Waals surface area contributed by atoms with Crippen LogP contribution in [-0.4, -0.2) is 15.9 Å². The van der Waals surface area contributed by atoms with Gasteiger partial charge in [0.15, 0.2) is 10.9 Å². The standard InChI is InChI=1S/C22H18N4O2S/c27-21(14-16-15-29-22(24-16)26-20-12-6-7-13-23-20)25-18-10-4-5-11-19(18)28-17-8-2-1-3-9-17/h1-13,15H,14H2,(H,25,27)(H,23,24,26). The predicted molar refractivity (Wildman–Crippen MR) is 115 cm³/mol. The van der Waals surface area contributed by atoms with Crippen LogP contribution in [0.3, 0.4) is 0 Å². The first-order valence-electron chi connectivity index (χ1n) is 9.00. The van der Waals surface area contributed by atoms with E-state index in [9.17, 15) is 4.79 Å². The number of hydrogen-bond donors (Lipinski definition) is 2. The van der Waals surface area contributed by atoms with E-state index in [1.54, 1.807) is 6.20 Å². The molecule has 0 saturated carbocycles. The summed E-state index contributed by atoms with van der Waals surface area (Å²) in [6, 6.07) is 22.4. The van der Waals surface area contributed by atoms with Gasteiger partial charge in [0.2, 0.25) is 5.91 Å². The molecule has 0 atom stereocenters. The SMILES string of the molecule is O=C(Cc1csc(Nc2ccccn2)n1)Nc1ccccc1Oc1ccccc1. The normalized spacial score (nSPS) is 10.3. The average molecular weight is 402 g/mol. The number of amides is 1. The minimum Gasteiger partial charge on any atom is -0.455 e. The van der Waals surface area contributed by atoms with Crippen molar-refractivity contribution < 1.29 is 9.53 Å². The van der Waals surface area contributed by atoms with Gasteiger partial charge in [-0.1, -0.05) is 36.4 Å². The summed E-state index contributed by atoms with van der Waals surface area (Å²) >= 11 is 1.43. The maximum absolute atomic E-state index is 12.5. The number of carbonyl (C=O) groups is 1. The first-order chi connectivity index (χ1) is 14.3. The van der Waals surface area contributed by atoms with Gasteiger partial charge >= 0.3 is 0 Å². The van der Waals surface area contributed by atoms with Gasteiger partial charge in [0.25, 0.3) is 0 Å². The third kappa shape index (κ3) is 5.18. The first-order valence-corrected chi connectivity index (χ1v) is 9.88. The molecule has 0 fully saturated rings. The summed E-state index contributed by atoms with van der Waals surface area (Å²) in [7, 11) is 0. The molecule has 0 aliphatic carbocycles. The van der Waals surface area contributed by atoms with Crippen LogP contribution in [0, 0.1) is 0 Å². The Bertz CT molecular complexity index is 1080. The van der Waals surface area contributed by atoms with Crippen molar-refractivity contribution in [1.29, 1.82) is 0 Å². The molecule has 0 bridgehead atoms. The van der Waals surface area contributed by atoms with Crippen molar-refractivity contribution in [2.24, 2.45) is 0 Å². The lowest BCUT2D eigenvalue weighted by Gasteiger charge is -2.11. The van der Waals surface area contributed by atoms with E-state index in [1.165, 1.54) is 11.3 Å². The van der Waals surface area contributed by atoms with Gasteiger partial charge in [-0.05, 0) is 36.4 Å². The summed E-state index contributed by atoms with van der Waals surface area (Å²) in [6.07, 6.45) is 1.87. The number of anilines is 3. The number of carbonyl (C=O) groups excluding carboxylic acids is 1. The fourth-order valence-corrected chi connectivity index (χ4v) is 3.34. The molecule has 1 amide bonds. The minimum absolute atomic E-state index is 0.163. The molecule has 0 radical (unpaired) electrons. The van der Waals surface area contributed by atoms with Crippen LogP contribution in [0.5, 0.6) is 11.5 Å². The monoisotopic (exact) mass is 402 g/mol. The zero-order chi connectivity index (χ0) is 19.9. The second kappa shape index (κ2) is 8.99. The van der Waals surface area contributed by atoms with Crippen LogP contribution in [0.25, 0.3) is 0 Å². The molecule has 0 unspecified atom stereocenters. The van der Waals surface area contributed by atoms with E-state index in [1.807, 2.05) is 78.2 Å². The number of para-hydroxylation sites is 3. The molecule has 29 heavy (non-hydrogen) atoms. The number of benzene rings is 2. The third-order valence-electron chi connectivity index (χ3n) is 3.93. The molecule has 2 aromatic carbocycles. The van der Waals surface area contributed by atoms with E-state index in [2.05, 4.69) is 20.6 Å². The molecular weight excluding hydrogens is 384 g/mol. The van der Waals surface area contributed by atoms with Gasteiger partial charge < -0.3 is 15.4 Å². The van der Waals surface area contributed by atoms with Crippen LogP contribution in [-0.2, 0) is 11.2 Å². The number of nitrogens with one attached hydrogen (secondary N) is 2. The third-order valence-corrected chi connectivity index (χ3v) is 4.73. The van der Waals surface area contributed by atoms with Gasteiger partial charge in [-0.3, -0.25) is 4.79 Å². The molecule has 4 rings (SSSR count). The van der Waals surface area contributed by atoms with E-state index >= 15 is 0 Å². The number of thiazole rings is 1. The fraction of sp³-hybridized carbons (Fsp3) is 0.0455. The molecule has 4 aromatic rings. The van der Waals surface area contributed by atoms with Crippen molar-refractivity contribution in [3.63, 3.8) is 0 Å². The summed E-state index contributed by atoms with van der Waals surface area (Å²) < 4.78 is 5.89. The van der Waals surface area contributed by atoms with Crippen LogP contribution >= 0.6 is 11.3 Å². The summed E-state index contributed by atoms with van der Waals surface area (Å²) in [5.74, 6) is 1.84. The second-order valence-corrected chi connectivity index (χ2v) is 6.98. The van der Waals surface area contributed by atoms with E-state index in [4.69, 9.17) is 4.74 Å². The van der Waals surface area contributed by atoms with Crippen LogP contribution in [0.15, 0.2) is 84.4 Å². The predicted octanol–water partition coefficient (Wildman–Crippen LogP) is 5.26. The molecule has 2 aromatic heterocycles. The number of aromatic nitrogens is 2. The number of hydrogen-bond acceptors (Lipinski definition) is 6. The summed E-state index contributed by atoms with van der Waals surface area (Å²) in [4.78, 5) is 21.2. The quantitative estimate of drug-likeness (QED) is 0.441. The zero-order valence-electron chi connectivity index (χ0n) is 15.4. The number of rotatable bonds is 7. The Morgan fingerprint density at radius 1 is 0.966 bits per heavy atom. The Kier molecular flexibility index (Phi) is 5.78. The maximum atomic E-state index is 12.5. The van der Waals surface area contributed by atoms with E-state index in [-0.39, 0.29) is 12.3 Å². The largest absolute Gasteiger partial charge is 0.455 e. The molecule has 0 saturated heterocycles. The lowest BCUT2D eigenvalue weighted by atomic mass is 10.2. The Hall–Kier alpha value is -3.71. The van der Waals surface area contributed by atoms with Crippen molar-refractivity contribution in [3.05, 3.63) is 90.1 Å². The lowest BCUT2D eigenvalue weighted by molar-refractivity contribution is -0.115. The highest BCUT2D eigenvalue weighted by atomic mass is 32.1. The van der Waals surface area contributed by atoms with Crippen LogP contribution in [0.1, 0.15) is 5.69 Å². The van der Waals surface area contributed by atoms with E-state index in [0.717, 1.165) is 0 Å². The smallest absolute Gasteiger partial charge is 0.230 e. The molecule has 2 heterocycles. The van der Waals surface area contributed by atoms with Crippen molar-refractivity contribution in [1.82, 2.24) is 9.97 Å². The molecule has 144 valence electrons. The highest BCUT2D eigenvalue weighted by molar-refractivity contribution is 7.13. The van der Waals surface area contributed by atoms with Gasteiger partial charge in [-0.15, -0.1) is 11.3 Å². The molecular formula is C22H18N4O2S. The maximum Gasteiger partial charge on any atom is 0.230 e. The van der Waals surface area contributed by atoms with Gasteiger partial charge in [0.1, 0.15) is 11.6 Å². The van der Waals surface area contributed by atoms with Crippen molar-refractivity contribution in [2.45, 2.75) is 6.42 Å².